The van der Waals surface area contributed by atoms with Crippen LogP contribution in [0.3, 0.4) is 0 Å². The first-order valence-corrected chi connectivity index (χ1v) is 9.45. The van der Waals surface area contributed by atoms with E-state index in [1.54, 1.807) is 12.1 Å². The molecule has 0 saturated heterocycles. The van der Waals surface area contributed by atoms with Crippen LogP contribution >= 0.6 is 0 Å². The third-order valence-electron chi connectivity index (χ3n) is 3.55. The monoisotopic (exact) mass is 312 g/mol. The lowest BCUT2D eigenvalue weighted by Crippen LogP contribution is -2.18. The van der Waals surface area contributed by atoms with Crippen molar-refractivity contribution in [2.75, 3.05) is 24.2 Å². The van der Waals surface area contributed by atoms with Crippen molar-refractivity contribution in [3.05, 3.63) is 24.3 Å². The molecule has 0 aliphatic rings. The van der Waals surface area contributed by atoms with Crippen LogP contribution in [0.2, 0.25) is 0 Å². The van der Waals surface area contributed by atoms with Crippen LogP contribution in [0.25, 0.3) is 0 Å². The predicted molar refractivity (Wildman–Crippen MR) is 89.3 cm³/mol. The molecule has 5 heteroatoms. The van der Waals surface area contributed by atoms with Crippen molar-refractivity contribution in [1.29, 1.82) is 0 Å². The number of sulfone groups is 1. The van der Waals surface area contributed by atoms with E-state index in [4.69, 9.17) is 5.73 Å². The summed E-state index contributed by atoms with van der Waals surface area (Å²) >= 11 is 0. The highest BCUT2D eigenvalue weighted by Gasteiger charge is 2.12. The Morgan fingerprint density at radius 3 is 2.29 bits per heavy atom. The van der Waals surface area contributed by atoms with Crippen LogP contribution in [-0.4, -0.2) is 27.3 Å². The minimum atomic E-state index is -3.12. The molecule has 0 spiro atoms. The van der Waals surface area contributed by atoms with Crippen molar-refractivity contribution in [1.82, 2.24) is 0 Å². The van der Waals surface area contributed by atoms with E-state index in [9.17, 15) is 8.42 Å². The van der Waals surface area contributed by atoms with Crippen LogP contribution in [0.15, 0.2) is 29.2 Å². The summed E-state index contributed by atoms with van der Waals surface area (Å²) in [6, 6.07) is 7.05. The third-order valence-corrected chi connectivity index (χ3v) is 5.49. The molecule has 0 fully saturated rings. The van der Waals surface area contributed by atoms with Gasteiger partial charge in [0, 0.05) is 12.2 Å². The smallest absolute Gasteiger partial charge is 0.178 e. The van der Waals surface area contributed by atoms with E-state index < -0.39 is 9.84 Å². The van der Waals surface area contributed by atoms with E-state index in [-0.39, 0.29) is 5.75 Å². The second-order valence-electron chi connectivity index (χ2n) is 5.46. The summed E-state index contributed by atoms with van der Waals surface area (Å²) in [5.41, 5.74) is 6.59. The highest BCUT2D eigenvalue weighted by molar-refractivity contribution is 7.91. The molecular weight excluding hydrogens is 284 g/mol. The molecule has 120 valence electrons. The summed E-state index contributed by atoms with van der Waals surface area (Å²) < 4.78 is 23.9. The molecule has 1 aromatic rings. The Balaban J connectivity index is 2.62. The van der Waals surface area contributed by atoms with Crippen molar-refractivity contribution >= 4 is 15.5 Å². The van der Waals surface area contributed by atoms with Crippen molar-refractivity contribution in [2.24, 2.45) is 11.7 Å². The Morgan fingerprint density at radius 2 is 1.76 bits per heavy atom. The molecule has 0 radical (unpaired) electrons. The van der Waals surface area contributed by atoms with Crippen LogP contribution < -0.4 is 11.1 Å². The summed E-state index contributed by atoms with van der Waals surface area (Å²) in [7, 11) is -3.12. The molecule has 0 aliphatic carbocycles. The lowest BCUT2D eigenvalue weighted by molar-refractivity contribution is 0.473. The molecule has 1 atom stereocenters. The number of anilines is 1. The quantitative estimate of drug-likeness (QED) is 0.696. The van der Waals surface area contributed by atoms with E-state index in [2.05, 4.69) is 12.2 Å². The van der Waals surface area contributed by atoms with Gasteiger partial charge in [-0.3, -0.25) is 0 Å². The summed E-state index contributed by atoms with van der Waals surface area (Å²) in [5, 5.41) is 3.37. The average molecular weight is 312 g/mol. The van der Waals surface area contributed by atoms with E-state index in [0.717, 1.165) is 31.5 Å². The fourth-order valence-corrected chi connectivity index (χ4v) is 3.75. The first-order chi connectivity index (χ1) is 10.0. The van der Waals surface area contributed by atoms with Crippen LogP contribution in [0, 0.1) is 5.92 Å². The predicted octanol–water partition coefficient (Wildman–Crippen LogP) is 3.05. The maximum absolute atomic E-state index is 11.9. The Labute approximate surface area is 129 Å². The standard InChI is InChI=1S/C16H28N2O2S/c1-3-5-14(10-11-17)13-18-15-6-8-16(9-7-15)21(19,20)12-4-2/h6-9,14,18H,3-5,10-13,17H2,1-2H3. The lowest BCUT2D eigenvalue weighted by atomic mass is 10.00. The highest BCUT2D eigenvalue weighted by atomic mass is 32.2. The van der Waals surface area contributed by atoms with Gasteiger partial charge in [-0.15, -0.1) is 0 Å². The molecule has 0 aliphatic heterocycles. The molecule has 0 amide bonds. The molecule has 3 N–H and O–H groups in total. The van der Waals surface area contributed by atoms with Gasteiger partial charge < -0.3 is 11.1 Å². The van der Waals surface area contributed by atoms with Gasteiger partial charge in [-0.05, 0) is 56.0 Å². The van der Waals surface area contributed by atoms with Gasteiger partial charge in [0.2, 0.25) is 0 Å². The van der Waals surface area contributed by atoms with Crippen LogP contribution in [-0.2, 0) is 9.84 Å². The van der Waals surface area contributed by atoms with E-state index >= 15 is 0 Å². The van der Waals surface area contributed by atoms with E-state index in [1.807, 2.05) is 19.1 Å². The maximum Gasteiger partial charge on any atom is 0.178 e. The Hall–Kier alpha value is -1.07. The first-order valence-electron chi connectivity index (χ1n) is 7.80. The molecule has 0 bridgehead atoms. The molecule has 1 aromatic carbocycles. The zero-order valence-corrected chi connectivity index (χ0v) is 14.0. The minimum Gasteiger partial charge on any atom is -0.385 e. The molecule has 0 aromatic heterocycles. The molecule has 1 unspecified atom stereocenters. The second kappa shape index (κ2) is 9.05. The van der Waals surface area contributed by atoms with Crippen LogP contribution in [0.1, 0.15) is 39.5 Å². The van der Waals surface area contributed by atoms with Gasteiger partial charge in [-0.2, -0.15) is 0 Å². The van der Waals surface area contributed by atoms with Gasteiger partial charge in [0.1, 0.15) is 0 Å². The molecular formula is C16H28N2O2S. The number of rotatable bonds is 10. The lowest BCUT2D eigenvalue weighted by Gasteiger charge is -2.17. The van der Waals surface area contributed by atoms with Crippen molar-refractivity contribution in [3.63, 3.8) is 0 Å². The molecule has 0 saturated carbocycles. The molecule has 4 nitrogen and oxygen atoms in total. The van der Waals surface area contributed by atoms with Crippen molar-refractivity contribution in [3.8, 4) is 0 Å². The van der Waals surface area contributed by atoms with Gasteiger partial charge in [0.15, 0.2) is 9.84 Å². The van der Waals surface area contributed by atoms with Gasteiger partial charge in [-0.1, -0.05) is 20.3 Å². The van der Waals surface area contributed by atoms with Gasteiger partial charge in [-0.25, -0.2) is 8.42 Å². The van der Waals surface area contributed by atoms with Gasteiger partial charge in [0.25, 0.3) is 0 Å². The number of nitrogens with one attached hydrogen (secondary N) is 1. The third kappa shape index (κ3) is 6.06. The van der Waals surface area contributed by atoms with Gasteiger partial charge in [0.05, 0.1) is 10.6 Å². The Bertz CT molecular complexity index is 492. The fraction of sp³-hybridized carbons (Fsp3) is 0.625. The Morgan fingerprint density at radius 1 is 1.10 bits per heavy atom. The van der Waals surface area contributed by atoms with E-state index in [1.165, 1.54) is 0 Å². The summed E-state index contributed by atoms with van der Waals surface area (Å²) in [4.78, 5) is 0.405. The summed E-state index contributed by atoms with van der Waals surface area (Å²) in [6.07, 6.45) is 3.97. The Kier molecular flexibility index (Phi) is 7.75. The zero-order valence-electron chi connectivity index (χ0n) is 13.1. The first kappa shape index (κ1) is 18.0. The van der Waals surface area contributed by atoms with E-state index in [0.29, 0.717) is 23.8 Å². The zero-order chi connectivity index (χ0) is 15.7. The number of hydrogen-bond acceptors (Lipinski definition) is 4. The summed E-state index contributed by atoms with van der Waals surface area (Å²) in [5.74, 6) is 0.776. The second-order valence-corrected chi connectivity index (χ2v) is 7.57. The number of hydrogen-bond donors (Lipinski definition) is 2. The van der Waals surface area contributed by atoms with Crippen LogP contribution in [0.4, 0.5) is 5.69 Å². The molecule has 21 heavy (non-hydrogen) atoms. The fourth-order valence-electron chi connectivity index (χ4n) is 2.42. The molecule has 1 rings (SSSR count). The maximum atomic E-state index is 11.9. The number of nitrogens with two attached hydrogens (primary N) is 1. The van der Waals surface area contributed by atoms with Gasteiger partial charge >= 0.3 is 0 Å². The van der Waals surface area contributed by atoms with Crippen molar-refractivity contribution < 1.29 is 8.42 Å². The highest BCUT2D eigenvalue weighted by Crippen LogP contribution is 2.17. The SMILES string of the molecule is CCCC(CCN)CNc1ccc(S(=O)(=O)CCC)cc1. The summed E-state index contributed by atoms with van der Waals surface area (Å²) in [6.45, 7) is 5.64. The topological polar surface area (TPSA) is 72.2 Å². The van der Waals surface area contributed by atoms with Crippen LogP contribution in [0.5, 0.6) is 0 Å². The number of benzene rings is 1. The largest absolute Gasteiger partial charge is 0.385 e. The average Bonchev–Trinajstić information content (AvgIpc) is 2.46. The molecule has 0 heterocycles. The normalized spacial score (nSPS) is 13.1. The minimum absolute atomic E-state index is 0.203. The van der Waals surface area contributed by atoms with Crippen molar-refractivity contribution in [2.45, 2.75) is 44.4 Å².